The molecule has 0 radical (unpaired) electrons. The van der Waals surface area contributed by atoms with E-state index < -0.39 is 0 Å². The van der Waals surface area contributed by atoms with Crippen LogP contribution in [0.1, 0.15) is 24.4 Å². The normalized spacial score (nSPS) is 12.3. The van der Waals surface area contributed by atoms with Crippen molar-refractivity contribution in [1.82, 2.24) is 29.8 Å². The van der Waals surface area contributed by atoms with Crippen molar-refractivity contribution >= 4 is 5.69 Å². The molecule has 108 valence electrons. The van der Waals surface area contributed by atoms with Crippen LogP contribution in [-0.4, -0.2) is 29.8 Å². The van der Waals surface area contributed by atoms with Crippen LogP contribution < -0.4 is 5.32 Å². The topological polar surface area (TPSA) is 73.5 Å². The van der Waals surface area contributed by atoms with Gasteiger partial charge in [-0.2, -0.15) is 0 Å². The van der Waals surface area contributed by atoms with Gasteiger partial charge in [0.1, 0.15) is 12.2 Å². The van der Waals surface area contributed by atoms with Crippen LogP contribution in [0.2, 0.25) is 0 Å². The van der Waals surface area contributed by atoms with E-state index in [0.29, 0.717) is 0 Å². The molecule has 3 aromatic rings. The maximum Gasteiger partial charge on any atom is 0.143 e. The van der Waals surface area contributed by atoms with Crippen molar-refractivity contribution in [2.24, 2.45) is 7.05 Å². The number of aromatic nitrogens is 6. The molecule has 3 rings (SSSR count). The van der Waals surface area contributed by atoms with Gasteiger partial charge in [0.05, 0.1) is 11.7 Å². The quantitative estimate of drug-likeness (QED) is 0.791. The first-order valence-electron chi connectivity index (χ1n) is 6.73. The van der Waals surface area contributed by atoms with Crippen LogP contribution in [-0.2, 0) is 7.05 Å². The highest BCUT2D eigenvalue weighted by Crippen LogP contribution is 2.22. The summed E-state index contributed by atoms with van der Waals surface area (Å²) in [7, 11) is 1.99. The van der Waals surface area contributed by atoms with Gasteiger partial charge >= 0.3 is 0 Å². The summed E-state index contributed by atoms with van der Waals surface area (Å²) in [5.41, 5.74) is 3.11. The highest BCUT2D eigenvalue weighted by molar-refractivity contribution is 5.53. The molecule has 0 aliphatic heterocycles. The third-order valence-corrected chi connectivity index (χ3v) is 3.42. The second kappa shape index (κ2) is 5.35. The van der Waals surface area contributed by atoms with Gasteiger partial charge in [0, 0.05) is 25.1 Å². The minimum atomic E-state index is 0.128. The summed E-state index contributed by atoms with van der Waals surface area (Å²) < 4.78 is 3.67. The number of tetrazole rings is 1. The van der Waals surface area contributed by atoms with Crippen molar-refractivity contribution in [3.8, 4) is 5.69 Å². The molecule has 0 fully saturated rings. The zero-order valence-corrected chi connectivity index (χ0v) is 12.2. The monoisotopic (exact) mass is 283 g/mol. The number of benzene rings is 1. The SMILES string of the molecule is Cc1cc(NC(C)c2nccn2C)ccc1-n1cnnn1. The Morgan fingerprint density at radius 3 is 2.76 bits per heavy atom. The summed E-state index contributed by atoms with van der Waals surface area (Å²) in [6, 6.07) is 6.22. The van der Waals surface area contributed by atoms with Gasteiger partial charge in [0.2, 0.25) is 0 Å². The van der Waals surface area contributed by atoms with Gasteiger partial charge in [-0.15, -0.1) is 5.10 Å². The molecule has 0 aliphatic carbocycles. The zero-order valence-electron chi connectivity index (χ0n) is 12.2. The van der Waals surface area contributed by atoms with Crippen molar-refractivity contribution in [3.63, 3.8) is 0 Å². The van der Waals surface area contributed by atoms with Crippen molar-refractivity contribution in [2.75, 3.05) is 5.32 Å². The average molecular weight is 283 g/mol. The summed E-state index contributed by atoms with van der Waals surface area (Å²) >= 11 is 0. The minimum absolute atomic E-state index is 0.128. The first kappa shape index (κ1) is 13.3. The van der Waals surface area contributed by atoms with Gasteiger partial charge in [0.25, 0.3) is 0 Å². The van der Waals surface area contributed by atoms with Gasteiger partial charge in [-0.25, -0.2) is 9.67 Å². The average Bonchev–Trinajstić information content (AvgIpc) is 3.10. The number of nitrogens with one attached hydrogen (secondary N) is 1. The van der Waals surface area contributed by atoms with E-state index in [2.05, 4.69) is 38.8 Å². The van der Waals surface area contributed by atoms with Crippen LogP contribution >= 0.6 is 0 Å². The zero-order chi connectivity index (χ0) is 14.8. The molecule has 2 heterocycles. The molecule has 7 nitrogen and oxygen atoms in total. The van der Waals surface area contributed by atoms with E-state index in [-0.39, 0.29) is 6.04 Å². The smallest absolute Gasteiger partial charge is 0.143 e. The number of imidazole rings is 1. The molecule has 7 heteroatoms. The molecule has 0 saturated heterocycles. The summed E-state index contributed by atoms with van der Waals surface area (Å²) in [5.74, 6) is 0.997. The van der Waals surface area contributed by atoms with Crippen LogP contribution in [0, 0.1) is 6.92 Å². The molecule has 0 saturated carbocycles. The first-order chi connectivity index (χ1) is 10.1. The van der Waals surface area contributed by atoms with E-state index in [1.165, 1.54) is 0 Å². The van der Waals surface area contributed by atoms with Gasteiger partial charge in [-0.1, -0.05) is 0 Å². The van der Waals surface area contributed by atoms with Crippen molar-refractivity contribution in [3.05, 3.63) is 48.3 Å². The molecule has 0 bridgehead atoms. The van der Waals surface area contributed by atoms with Crippen molar-refractivity contribution in [2.45, 2.75) is 19.9 Å². The Bertz CT molecular complexity index is 730. The van der Waals surface area contributed by atoms with Crippen molar-refractivity contribution in [1.29, 1.82) is 0 Å². The molecular formula is C14H17N7. The Labute approximate surface area is 122 Å². The Hall–Kier alpha value is -2.70. The third-order valence-electron chi connectivity index (χ3n) is 3.42. The maximum atomic E-state index is 4.36. The molecule has 0 spiro atoms. The Morgan fingerprint density at radius 2 is 2.14 bits per heavy atom. The van der Waals surface area contributed by atoms with E-state index in [4.69, 9.17) is 0 Å². The lowest BCUT2D eigenvalue weighted by molar-refractivity contribution is 0.721. The number of anilines is 1. The fraction of sp³-hybridized carbons (Fsp3) is 0.286. The lowest BCUT2D eigenvalue weighted by Crippen LogP contribution is -2.12. The molecule has 1 N–H and O–H groups in total. The second-order valence-electron chi connectivity index (χ2n) is 5.02. The number of aryl methyl sites for hydroxylation is 2. The predicted molar refractivity (Wildman–Crippen MR) is 79.1 cm³/mol. The van der Waals surface area contributed by atoms with Crippen LogP contribution in [0.15, 0.2) is 36.9 Å². The van der Waals surface area contributed by atoms with Crippen LogP contribution in [0.5, 0.6) is 0 Å². The second-order valence-corrected chi connectivity index (χ2v) is 5.02. The van der Waals surface area contributed by atoms with E-state index in [0.717, 1.165) is 22.8 Å². The predicted octanol–water partition coefficient (Wildman–Crippen LogP) is 1.88. The Morgan fingerprint density at radius 1 is 1.29 bits per heavy atom. The van der Waals surface area contributed by atoms with Gasteiger partial charge in [-0.05, 0) is 48.0 Å². The van der Waals surface area contributed by atoms with Gasteiger partial charge in [0.15, 0.2) is 0 Å². The third kappa shape index (κ3) is 2.62. The standard InChI is InChI=1S/C14H17N7/c1-10-8-12(4-5-13(10)21-9-16-18-19-21)17-11(2)14-15-6-7-20(14)3/h4-9,11,17H,1-3H3. The van der Waals surface area contributed by atoms with E-state index in [1.54, 1.807) is 17.2 Å². The number of hydrogen-bond donors (Lipinski definition) is 1. The largest absolute Gasteiger partial charge is 0.375 e. The van der Waals surface area contributed by atoms with Gasteiger partial charge < -0.3 is 9.88 Å². The minimum Gasteiger partial charge on any atom is -0.375 e. The molecule has 0 amide bonds. The van der Waals surface area contributed by atoms with Crippen LogP contribution in [0.25, 0.3) is 5.69 Å². The first-order valence-corrected chi connectivity index (χ1v) is 6.73. The highest BCUT2D eigenvalue weighted by atomic mass is 15.5. The number of hydrogen-bond acceptors (Lipinski definition) is 5. The molecule has 1 atom stereocenters. The molecule has 1 aromatic carbocycles. The number of rotatable bonds is 4. The van der Waals surface area contributed by atoms with Crippen LogP contribution in [0.3, 0.4) is 0 Å². The van der Waals surface area contributed by atoms with E-state index in [9.17, 15) is 0 Å². The highest BCUT2D eigenvalue weighted by Gasteiger charge is 2.11. The summed E-state index contributed by atoms with van der Waals surface area (Å²) in [4.78, 5) is 4.36. The summed E-state index contributed by atoms with van der Waals surface area (Å²) in [6.07, 6.45) is 5.34. The molecule has 0 aliphatic rings. The van der Waals surface area contributed by atoms with E-state index >= 15 is 0 Å². The molecule has 21 heavy (non-hydrogen) atoms. The number of nitrogens with zero attached hydrogens (tertiary/aromatic N) is 6. The fourth-order valence-corrected chi connectivity index (χ4v) is 2.38. The Balaban J connectivity index is 1.81. The van der Waals surface area contributed by atoms with E-state index in [1.807, 2.05) is 36.9 Å². The lowest BCUT2D eigenvalue weighted by Gasteiger charge is -2.16. The molecular weight excluding hydrogens is 266 g/mol. The summed E-state index contributed by atoms with van der Waals surface area (Å²) in [5, 5.41) is 14.7. The van der Waals surface area contributed by atoms with Crippen molar-refractivity contribution < 1.29 is 0 Å². The Kier molecular flexibility index (Phi) is 3.39. The fourth-order valence-electron chi connectivity index (χ4n) is 2.38. The van der Waals surface area contributed by atoms with Crippen LogP contribution in [0.4, 0.5) is 5.69 Å². The summed E-state index contributed by atoms with van der Waals surface area (Å²) in [6.45, 7) is 4.13. The molecule has 2 aromatic heterocycles. The maximum absolute atomic E-state index is 4.36. The van der Waals surface area contributed by atoms with Gasteiger partial charge in [-0.3, -0.25) is 0 Å². The molecule has 1 unspecified atom stereocenters. The lowest BCUT2D eigenvalue weighted by atomic mass is 10.1.